The molecule has 0 heterocycles. The summed E-state index contributed by atoms with van der Waals surface area (Å²) >= 11 is 0. The van der Waals surface area contributed by atoms with Gasteiger partial charge in [-0.25, -0.2) is 9.13 Å². The van der Waals surface area contributed by atoms with Crippen molar-refractivity contribution in [2.75, 3.05) is 39.6 Å². The average Bonchev–Trinajstić information content (AvgIpc) is 0.910. The molecule has 0 aliphatic rings. The largest absolute Gasteiger partial charge is 0.472 e. The Labute approximate surface area is 645 Å². The monoisotopic (exact) mass is 1540 g/mol. The second kappa shape index (κ2) is 74.8. The van der Waals surface area contributed by atoms with Crippen molar-refractivity contribution >= 4 is 39.5 Å². The van der Waals surface area contributed by atoms with Gasteiger partial charge in [0.25, 0.3) is 0 Å². The molecule has 0 spiro atoms. The van der Waals surface area contributed by atoms with E-state index >= 15 is 0 Å². The highest BCUT2D eigenvalue weighted by Crippen LogP contribution is 2.45. The molecule has 6 atom stereocenters. The molecule has 0 rings (SSSR count). The molecule has 0 fully saturated rings. The van der Waals surface area contributed by atoms with Gasteiger partial charge in [0, 0.05) is 25.7 Å². The number of phosphoric ester groups is 2. The highest BCUT2D eigenvalue weighted by molar-refractivity contribution is 7.47. The van der Waals surface area contributed by atoms with Crippen molar-refractivity contribution in [2.24, 2.45) is 23.7 Å². The molecule has 0 amide bonds. The normalized spacial score (nSPS) is 14.2. The number of ether oxygens (including phenoxy) is 4. The minimum absolute atomic E-state index is 0.106. The van der Waals surface area contributed by atoms with Gasteiger partial charge in [0.2, 0.25) is 0 Å². The first-order chi connectivity index (χ1) is 50.6. The van der Waals surface area contributed by atoms with Gasteiger partial charge in [-0.05, 0) is 49.4 Å². The lowest BCUT2D eigenvalue weighted by atomic mass is 9.99. The lowest BCUT2D eigenvalue weighted by Crippen LogP contribution is -2.30. The minimum atomic E-state index is -4.97. The quantitative estimate of drug-likeness (QED) is 0.0222. The van der Waals surface area contributed by atoms with Crippen molar-refractivity contribution < 1.29 is 80.2 Å². The molecular formula is C86H168O17P2. The van der Waals surface area contributed by atoms with Gasteiger partial charge in [-0.15, -0.1) is 0 Å². The SMILES string of the molecule is CCC(C)CCCCCCCCCCC(=O)OC[C@H](COP(=O)(O)OC[C@H](O)COP(=O)(O)OC[C@@H](COC(=O)CCCCCCCCCCCCCCCCCC(C)C)OC(=O)CCCCCCCCCCCCCCCCCCCCC(C)C)OC(=O)CCCCCCCCCCCCCC(C)C. The van der Waals surface area contributed by atoms with Crippen LogP contribution in [0.5, 0.6) is 0 Å². The molecule has 105 heavy (non-hydrogen) atoms. The van der Waals surface area contributed by atoms with Crippen LogP contribution in [0.15, 0.2) is 0 Å². The van der Waals surface area contributed by atoms with Crippen LogP contribution in [0.4, 0.5) is 0 Å². The van der Waals surface area contributed by atoms with E-state index in [0.29, 0.717) is 25.7 Å². The second-order valence-electron chi connectivity index (χ2n) is 32.6. The van der Waals surface area contributed by atoms with E-state index in [1.54, 1.807) is 0 Å². The third-order valence-electron chi connectivity index (χ3n) is 20.4. The summed E-state index contributed by atoms with van der Waals surface area (Å²) in [6.07, 6.45) is 63.8. The Balaban J connectivity index is 5.25. The second-order valence-corrected chi connectivity index (χ2v) is 35.5. The molecule has 624 valence electrons. The molecule has 0 aromatic rings. The van der Waals surface area contributed by atoms with E-state index in [2.05, 4.69) is 55.4 Å². The number of aliphatic hydroxyl groups is 1. The topological polar surface area (TPSA) is 237 Å². The maximum Gasteiger partial charge on any atom is 0.472 e. The highest BCUT2D eigenvalue weighted by atomic mass is 31.2. The van der Waals surface area contributed by atoms with E-state index in [1.807, 2.05) is 0 Å². The number of rotatable bonds is 83. The van der Waals surface area contributed by atoms with Crippen LogP contribution < -0.4 is 0 Å². The van der Waals surface area contributed by atoms with Crippen LogP contribution in [-0.2, 0) is 65.4 Å². The standard InChI is InChI=1S/C86H168O17P2/c1-9-79(8)65-57-49-41-36-37-43-51-59-67-84(89)97-73-82(103-86(91)69-61-53-45-35-29-23-26-32-40-48-56-64-78(6)7)75-101-105(94,95)99-71-80(87)70-98-104(92,93)100-74-81(72-96-83(88)66-58-50-42-33-27-21-18-14-16-20-25-31-39-47-55-63-77(4)5)102-85(90)68-60-52-44-34-28-22-17-13-11-10-12-15-19-24-30-38-46-54-62-76(2)3/h76-82,87H,9-75H2,1-8H3,(H,92,93)(H,94,95)/t79?,80-,81-,82-/m1/s1. The van der Waals surface area contributed by atoms with Crippen molar-refractivity contribution in [3.8, 4) is 0 Å². The van der Waals surface area contributed by atoms with Crippen LogP contribution in [-0.4, -0.2) is 96.7 Å². The minimum Gasteiger partial charge on any atom is -0.462 e. The molecule has 0 radical (unpaired) electrons. The summed E-state index contributed by atoms with van der Waals surface area (Å²) in [6.45, 7) is 14.3. The van der Waals surface area contributed by atoms with Crippen LogP contribution in [0, 0.1) is 23.7 Å². The van der Waals surface area contributed by atoms with Gasteiger partial charge in [0.1, 0.15) is 19.3 Å². The van der Waals surface area contributed by atoms with Crippen LogP contribution in [0.1, 0.15) is 447 Å². The Bertz CT molecular complexity index is 2040. The number of carbonyl (C=O) groups is 4. The van der Waals surface area contributed by atoms with Gasteiger partial charge in [0.05, 0.1) is 26.4 Å². The fourth-order valence-corrected chi connectivity index (χ4v) is 14.9. The Morgan fingerprint density at radius 3 is 0.676 bits per heavy atom. The van der Waals surface area contributed by atoms with Gasteiger partial charge in [0.15, 0.2) is 12.2 Å². The highest BCUT2D eigenvalue weighted by Gasteiger charge is 2.31. The van der Waals surface area contributed by atoms with E-state index in [9.17, 15) is 43.2 Å². The smallest absolute Gasteiger partial charge is 0.462 e. The predicted octanol–water partition coefficient (Wildman–Crippen LogP) is 25.9. The maximum absolute atomic E-state index is 13.2. The number of hydrogen-bond donors (Lipinski definition) is 3. The molecule has 0 aromatic carbocycles. The zero-order chi connectivity index (χ0) is 77.4. The number of hydrogen-bond acceptors (Lipinski definition) is 15. The van der Waals surface area contributed by atoms with Gasteiger partial charge in [-0.1, -0.05) is 396 Å². The molecule has 17 nitrogen and oxygen atoms in total. The fraction of sp³-hybridized carbons (Fsp3) is 0.953. The number of aliphatic hydroxyl groups excluding tert-OH is 1. The molecular weight excluding hydrogens is 1370 g/mol. The third-order valence-corrected chi connectivity index (χ3v) is 22.3. The van der Waals surface area contributed by atoms with Crippen LogP contribution in [0.2, 0.25) is 0 Å². The van der Waals surface area contributed by atoms with Crippen LogP contribution in [0.25, 0.3) is 0 Å². The third kappa shape index (κ3) is 78.5. The molecule has 0 bridgehead atoms. The Kier molecular flexibility index (Phi) is 73.4. The van der Waals surface area contributed by atoms with Crippen LogP contribution >= 0.6 is 15.6 Å². The lowest BCUT2D eigenvalue weighted by Gasteiger charge is -2.21. The summed E-state index contributed by atoms with van der Waals surface area (Å²) in [4.78, 5) is 73.2. The molecule has 0 saturated carbocycles. The molecule has 0 aliphatic carbocycles. The van der Waals surface area contributed by atoms with E-state index < -0.39 is 97.5 Å². The predicted molar refractivity (Wildman–Crippen MR) is 432 cm³/mol. The number of phosphoric acid groups is 2. The van der Waals surface area contributed by atoms with Crippen LogP contribution in [0.3, 0.4) is 0 Å². The van der Waals surface area contributed by atoms with Crippen molar-refractivity contribution in [3.63, 3.8) is 0 Å². The fourth-order valence-electron chi connectivity index (χ4n) is 13.3. The summed E-state index contributed by atoms with van der Waals surface area (Å²) in [5.41, 5.74) is 0. The van der Waals surface area contributed by atoms with E-state index in [4.69, 9.17) is 37.0 Å². The first-order valence-corrected chi connectivity index (χ1v) is 47.2. The molecule has 3 unspecified atom stereocenters. The first-order valence-electron chi connectivity index (χ1n) is 44.2. The van der Waals surface area contributed by atoms with Gasteiger partial charge >= 0.3 is 39.5 Å². The zero-order valence-electron chi connectivity index (χ0n) is 69.4. The lowest BCUT2D eigenvalue weighted by molar-refractivity contribution is -0.161. The number of carbonyl (C=O) groups excluding carboxylic acids is 4. The Morgan fingerprint density at radius 2 is 0.457 bits per heavy atom. The van der Waals surface area contributed by atoms with E-state index in [-0.39, 0.29) is 25.7 Å². The number of esters is 4. The van der Waals surface area contributed by atoms with Crippen molar-refractivity contribution in [1.82, 2.24) is 0 Å². The summed E-state index contributed by atoms with van der Waals surface area (Å²) in [7, 11) is -9.93. The van der Waals surface area contributed by atoms with Crippen molar-refractivity contribution in [1.29, 1.82) is 0 Å². The maximum atomic E-state index is 13.2. The zero-order valence-corrected chi connectivity index (χ0v) is 71.2. The van der Waals surface area contributed by atoms with E-state index in [0.717, 1.165) is 114 Å². The van der Waals surface area contributed by atoms with Gasteiger partial charge < -0.3 is 33.8 Å². The summed E-state index contributed by atoms with van der Waals surface area (Å²) in [5, 5.41) is 10.7. The van der Waals surface area contributed by atoms with Gasteiger partial charge in [-0.2, -0.15) is 0 Å². The summed E-state index contributed by atoms with van der Waals surface area (Å²) in [5.74, 6) is 1.06. The van der Waals surface area contributed by atoms with E-state index in [1.165, 1.54) is 250 Å². The van der Waals surface area contributed by atoms with Crippen molar-refractivity contribution in [2.45, 2.75) is 465 Å². The molecule has 19 heteroatoms. The first kappa shape index (κ1) is 103. The molecule has 0 aliphatic heterocycles. The summed E-state index contributed by atoms with van der Waals surface area (Å²) in [6, 6.07) is 0. The molecule has 3 N–H and O–H groups in total. The summed E-state index contributed by atoms with van der Waals surface area (Å²) < 4.78 is 68.9. The number of unbranched alkanes of at least 4 members (excludes halogenated alkanes) is 48. The average molecular weight is 1540 g/mol. The Hall–Kier alpha value is -1.94. The molecule has 0 aromatic heterocycles. The van der Waals surface area contributed by atoms with Crippen molar-refractivity contribution in [3.05, 3.63) is 0 Å². The van der Waals surface area contributed by atoms with Gasteiger partial charge in [-0.3, -0.25) is 37.3 Å². The molecule has 0 saturated heterocycles. The Morgan fingerprint density at radius 1 is 0.267 bits per heavy atom.